The number of aliphatic hydroxyl groups excluding tert-OH is 20. The van der Waals surface area contributed by atoms with Gasteiger partial charge in [-0.1, -0.05) is 15.6 Å². The van der Waals surface area contributed by atoms with Crippen molar-refractivity contribution >= 4 is 0 Å². The first-order valence-corrected chi connectivity index (χ1v) is 28.2. The van der Waals surface area contributed by atoms with Crippen LogP contribution in [0, 0.1) is 0 Å². The Morgan fingerprint density at radius 1 is 0.318 bits per heavy atom. The molecule has 0 amide bonds. The molecule has 0 radical (unpaired) electrons. The molecule has 6 fully saturated rings. The summed E-state index contributed by atoms with van der Waals surface area (Å²) in [5, 5.41) is 235. The molecular weight excluding hydrogens is 1200 g/mol. The topological polar surface area (TPSA) is 598 Å². The van der Waals surface area contributed by atoms with Crippen molar-refractivity contribution in [1.82, 2.24) is 45.0 Å². The van der Waals surface area contributed by atoms with Gasteiger partial charge < -0.3 is 154 Å². The molecule has 6 aliphatic heterocycles. The fourth-order valence-corrected chi connectivity index (χ4v) is 10.7. The first-order chi connectivity index (χ1) is 42.0. The minimum atomic E-state index is -2.14. The normalized spacial score (nSPS) is 43.5. The average molecular weight is 1280 g/mol. The van der Waals surface area contributed by atoms with E-state index in [0.717, 1.165) is 0 Å². The zero-order valence-corrected chi connectivity index (χ0v) is 46.5. The molecule has 9 heterocycles. The molecule has 1 unspecified atom stereocenters. The highest BCUT2D eigenvalue weighted by Crippen LogP contribution is 2.34. The van der Waals surface area contributed by atoms with E-state index in [1.807, 2.05) is 0 Å². The van der Waals surface area contributed by atoms with Crippen LogP contribution in [0.4, 0.5) is 0 Å². The van der Waals surface area contributed by atoms with Crippen molar-refractivity contribution in [2.24, 2.45) is 0 Å². The first-order valence-electron chi connectivity index (χ1n) is 28.2. The summed E-state index contributed by atoms with van der Waals surface area (Å²) in [5.74, 6) is 0. The lowest BCUT2D eigenvalue weighted by molar-refractivity contribution is -0.376. The van der Waals surface area contributed by atoms with E-state index < -0.39 is 211 Å². The van der Waals surface area contributed by atoms with Crippen molar-refractivity contribution in [3.63, 3.8) is 0 Å². The van der Waals surface area contributed by atoms with Crippen molar-refractivity contribution in [1.29, 1.82) is 0 Å². The Labute approximate surface area is 496 Å². The quantitative estimate of drug-likeness (QED) is 0.0374. The number of aromatic nitrogens is 9. The van der Waals surface area contributed by atoms with Crippen LogP contribution in [0.1, 0.15) is 17.1 Å². The number of rotatable bonds is 25. The van der Waals surface area contributed by atoms with Crippen LogP contribution in [-0.2, 0) is 91.0 Å². The van der Waals surface area contributed by atoms with Crippen LogP contribution in [0.15, 0.2) is 18.6 Å². The Balaban J connectivity index is 0.880. The lowest BCUT2D eigenvalue weighted by Gasteiger charge is -2.48. The van der Waals surface area contributed by atoms with Crippen LogP contribution in [0.25, 0.3) is 0 Å². The SMILES string of the molecule is OC[C@H]1O[C@H](OCCc2cn(C[C@H]3O[C@H](O[C@H]4[C@H](O)[C@@H](O)[C@@H](O[C@H]5[C@H](O)[C@@H](O)C(O)O[C@@H]5Cn5cc(CCO[C@H]6O[C@H](CO)[C@@H](O)[C@H](O)[C@@H]6O)nn5)O[C@@H]4Cn4cc(CCO[C@H]5O[C@H](CO)[C@@H](O)[C@H](O)[C@@H]5O)nn4)[C@H](O)[C@@H](O)[C@@H]3O)nn2)[C@@H](O)[C@@H](O)[C@@H]1O. The minimum absolute atomic E-state index is 0.0157. The third kappa shape index (κ3) is 15.5. The van der Waals surface area contributed by atoms with E-state index in [2.05, 4.69) is 30.9 Å². The van der Waals surface area contributed by atoms with Gasteiger partial charge in [-0.15, -0.1) is 15.3 Å². The van der Waals surface area contributed by atoms with Gasteiger partial charge in [0.2, 0.25) is 0 Å². The predicted molar refractivity (Wildman–Crippen MR) is 270 cm³/mol. The van der Waals surface area contributed by atoms with E-state index in [1.165, 1.54) is 32.6 Å². The summed E-state index contributed by atoms with van der Waals surface area (Å²) in [6, 6.07) is 0. The van der Waals surface area contributed by atoms with Gasteiger partial charge in [-0.3, -0.25) is 0 Å². The van der Waals surface area contributed by atoms with Crippen LogP contribution in [-0.4, -0.2) is 371 Å². The molecule has 0 aliphatic carbocycles. The summed E-state index contributed by atoms with van der Waals surface area (Å²) >= 11 is 0. The zero-order chi connectivity index (χ0) is 63.4. The molecule has 30 atom stereocenters. The minimum Gasteiger partial charge on any atom is -0.394 e. The summed E-state index contributed by atoms with van der Waals surface area (Å²) in [4.78, 5) is 0. The van der Waals surface area contributed by atoms with Gasteiger partial charge in [0.25, 0.3) is 0 Å². The van der Waals surface area contributed by atoms with Gasteiger partial charge in [-0.2, -0.15) is 0 Å². The van der Waals surface area contributed by atoms with Crippen LogP contribution >= 0.6 is 0 Å². The molecule has 3 aromatic heterocycles. The molecule has 9 rings (SSSR count). The Kier molecular flexibility index (Phi) is 23.6. The maximum Gasteiger partial charge on any atom is 0.187 e. The molecule has 0 saturated carbocycles. The number of hydrogen-bond acceptors (Lipinski definition) is 37. The molecule has 0 spiro atoms. The summed E-state index contributed by atoms with van der Waals surface area (Å²) in [6.07, 6.45) is -46.7. The number of ether oxygens (including phenoxy) is 11. The second-order valence-electron chi connectivity index (χ2n) is 22.0. The number of nitrogens with zero attached hydrogens (tertiary/aromatic N) is 9. The van der Waals surface area contributed by atoms with E-state index in [9.17, 15) is 102 Å². The second kappa shape index (κ2) is 30.3. The van der Waals surface area contributed by atoms with Crippen molar-refractivity contribution in [3.05, 3.63) is 35.7 Å². The fraction of sp³-hybridized carbons (Fsp3) is 0.875. The average Bonchev–Trinajstić information content (AvgIpc) is 1.39. The molecule has 40 nitrogen and oxygen atoms in total. The molecule has 6 aliphatic rings. The van der Waals surface area contributed by atoms with E-state index in [4.69, 9.17) is 52.1 Å². The van der Waals surface area contributed by atoms with Gasteiger partial charge in [0.05, 0.1) is 76.4 Å². The third-order valence-electron chi connectivity index (χ3n) is 15.9. The maximum absolute atomic E-state index is 12.0. The Morgan fingerprint density at radius 3 is 0.966 bits per heavy atom. The van der Waals surface area contributed by atoms with Gasteiger partial charge in [-0.05, 0) is 0 Å². The van der Waals surface area contributed by atoms with Gasteiger partial charge >= 0.3 is 0 Å². The smallest absolute Gasteiger partial charge is 0.187 e. The van der Waals surface area contributed by atoms with Gasteiger partial charge in [0.1, 0.15) is 146 Å². The molecular formula is C48H77N9O31. The Hall–Kier alpha value is -3.82. The molecule has 40 heteroatoms. The highest BCUT2D eigenvalue weighted by molar-refractivity contribution is 5.01. The first kappa shape index (κ1) is 68.5. The molecule has 88 heavy (non-hydrogen) atoms. The van der Waals surface area contributed by atoms with E-state index in [-0.39, 0.29) is 69.3 Å². The molecule has 6 saturated heterocycles. The number of hydrogen-bond donors (Lipinski definition) is 20. The van der Waals surface area contributed by atoms with Crippen LogP contribution in [0.5, 0.6) is 0 Å². The predicted octanol–water partition coefficient (Wildman–Crippen LogP) is -14.6. The molecule has 3 aromatic rings. The van der Waals surface area contributed by atoms with Crippen molar-refractivity contribution in [3.8, 4) is 0 Å². The molecule has 0 bridgehead atoms. The molecule has 500 valence electrons. The summed E-state index contributed by atoms with van der Waals surface area (Å²) < 4.78 is 66.4. The Morgan fingerprint density at radius 2 is 0.602 bits per heavy atom. The van der Waals surface area contributed by atoms with Gasteiger partial charge in [0.15, 0.2) is 37.7 Å². The van der Waals surface area contributed by atoms with E-state index in [1.54, 1.807) is 0 Å². The maximum atomic E-state index is 12.0. The van der Waals surface area contributed by atoms with Crippen molar-refractivity contribution < 1.29 is 154 Å². The van der Waals surface area contributed by atoms with Crippen LogP contribution in [0.2, 0.25) is 0 Å². The zero-order valence-electron chi connectivity index (χ0n) is 46.5. The standard InChI is InChI=1S/C48H77N9O31/c58-13-22-26(62)30(66)36(72)44(84-22)78-4-1-16-7-55(52-49-16)10-19-25(61)29(65)39(75)47(82-19)88-42-21(12-57-9-18(51-54-57)3-6-80-46-38(74)32(68)28(64)24(15-60)86-46)83-48(40(76)34(42)70)87-41-20(81-43(77)35(71)33(41)69)11-56-8-17(50-53-56)2-5-79-45-37(73)31(67)27(63)23(14-59)85-45/h7-9,19-48,58-77H,1-6,10-15H2/t19-,20-,21-,22-,23-,24-,25-,26-,27-,28-,29+,30+,31+,32+,33-,34-,35-,36+,37+,38+,39-,40-,41-,42-,43?,44+,45+,46+,47-,48-/m1/s1. The van der Waals surface area contributed by atoms with Crippen molar-refractivity contribution in [2.75, 3.05) is 39.6 Å². The number of aliphatic hydroxyl groups is 20. The third-order valence-corrected chi connectivity index (χ3v) is 15.9. The van der Waals surface area contributed by atoms with E-state index in [0.29, 0.717) is 0 Å². The van der Waals surface area contributed by atoms with Gasteiger partial charge in [0, 0.05) is 37.9 Å². The highest BCUT2D eigenvalue weighted by atomic mass is 16.8. The van der Waals surface area contributed by atoms with Crippen LogP contribution in [0.3, 0.4) is 0 Å². The van der Waals surface area contributed by atoms with Gasteiger partial charge in [-0.25, -0.2) is 14.0 Å². The lowest BCUT2D eigenvalue weighted by Crippen LogP contribution is -2.66. The monoisotopic (exact) mass is 1280 g/mol. The summed E-state index contributed by atoms with van der Waals surface area (Å²) in [5.41, 5.74) is 0.777. The largest absolute Gasteiger partial charge is 0.394 e. The second-order valence-corrected chi connectivity index (χ2v) is 22.0. The lowest BCUT2D eigenvalue weighted by atomic mass is 9.95. The summed E-state index contributed by atoms with van der Waals surface area (Å²) in [6.45, 7) is -3.83. The molecule has 20 N–H and O–H groups in total. The van der Waals surface area contributed by atoms with Crippen molar-refractivity contribution in [2.45, 2.75) is 223 Å². The van der Waals surface area contributed by atoms with E-state index >= 15 is 0 Å². The van der Waals surface area contributed by atoms with Crippen LogP contribution < -0.4 is 0 Å². The molecule has 0 aromatic carbocycles. The highest BCUT2D eigenvalue weighted by Gasteiger charge is 2.55. The Bertz CT molecular complexity index is 2600. The fourth-order valence-electron chi connectivity index (χ4n) is 10.7. The summed E-state index contributed by atoms with van der Waals surface area (Å²) in [7, 11) is 0.